The third kappa shape index (κ3) is 4.97. The highest BCUT2D eigenvalue weighted by Gasteiger charge is 2.24. The smallest absolute Gasteiger partial charge is 0.261 e. The molecule has 1 heterocycles. The molecule has 0 aliphatic carbocycles. The summed E-state index contributed by atoms with van der Waals surface area (Å²) in [4.78, 5) is 15.3. The summed E-state index contributed by atoms with van der Waals surface area (Å²) in [6.07, 6.45) is 2.87. The molecule has 2 aromatic carbocycles. The van der Waals surface area contributed by atoms with Crippen LogP contribution in [0.15, 0.2) is 60.8 Å². The lowest BCUT2D eigenvalue weighted by molar-refractivity contribution is 0.0732. The molecule has 0 atom stereocenters. The van der Waals surface area contributed by atoms with Gasteiger partial charge in [0.25, 0.3) is 5.91 Å². The number of rotatable bonds is 9. The van der Waals surface area contributed by atoms with E-state index in [1.807, 2.05) is 53.6 Å². The fraction of sp³-hybridized carbons (Fsp3) is 0.292. The molecule has 0 unspecified atom stereocenters. The Morgan fingerprint density at radius 2 is 1.73 bits per heavy atom. The molecule has 0 bridgehead atoms. The second kappa shape index (κ2) is 10.2. The largest absolute Gasteiger partial charge is 0.496 e. The molecule has 6 heteroatoms. The Kier molecular flexibility index (Phi) is 7.41. The normalized spacial score (nSPS) is 10.7. The average molecular weight is 427 g/mol. The Morgan fingerprint density at radius 3 is 2.37 bits per heavy atom. The van der Waals surface area contributed by atoms with Gasteiger partial charge in [-0.15, -0.1) is 0 Å². The van der Waals surface area contributed by atoms with Gasteiger partial charge in [-0.3, -0.25) is 4.79 Å². The third-order valence-electron chi connectivity index (χ3n) is 4.94. The second-order valence-electron chi connectivity index (χ2n) is 7.02. The molecule has 30 heavy (non-hydrogen) atoms. The molecule has 0 spiro atoms. The number of hydrogen-bond donors (Lipinski definition) is 0. The third-order valence-corrected chi connectivity index (χ3v) is 5.18. The average Bonchev–Trinajstić information content (AvgIpc) is 3.18. The number of carbonyl (C=O) groups excluding carboxylic acids is 1. The lowest BCUT2D eigenvalue weighted by Gasteiger charge is -2.25. The highest BCUT2D eigenvalue weighted by Crippen LogP contribution is 2.30. The van der Waals surface area contributed by atoms with Gasteiger partial charge in [0.1, 0.15) is 17.1 Å². The minimum Gasteiger partial charge on any atom is -0.496 e. The highest BCUT2D eigenvalue weighted by molar-refractivity contribution is 6.30. The molecule has 0 aliphatic heterocycles. The van der Waals surface area contributed by atoms with Crippen molar-refractivity contribution in [2.75, 3.05) is 20.8 Å². The van der Waals surface area contributed by atoms with E-state index >= 15 is 0 Å². The van der Waals surface area contributed by atoms with Gasteiger partial charge in [0, 0.05) is 30.0 Å². The maximum atomic E-state index is 13.5. The van der Waals surface area contributed by atoms with Gasteiger partial charge in [-0.05, 0) is 48.4 Å². The SMILES string of the molecule is CCCN(Cc1cccn1Cc1cccc(Cl)c1)C(=O)c1c(OC)cccc1OC. The standard InChI is InChI=1S/C24H27ClN2O3/c1-4-13-27(24(28)23-21(29-2)11-6-12-22(23)30-3)17-20-10-7-14-26(20)16-18-8-5-9-19(25)15-18/h5-12,14-15H,4,13,16-17H2,1-3H3. The fourth-order valence-electron chi connectivity index (χ4n) is 3.52. The van der Waals surface area contributed by atoms with Crippen LogP contribution >= 0.6 is 11.6 Å². The lowest BCUT2D eigenvalue weighted by atomic mass is 10.1. The predicted molar refractivity (Wildman–Crippen MR) is 120 cm³/mol. The summed E-state index contributed by atoms with van der Waals surface area (Å²) in [6.45, 7) is 3.86. The molecule has 1 amide bonds. The van der Waals surface area contributed by atoms with Crippen molar-refractivity contribution in [1.29, 1.82) is 0 Å². The summed E-state index contributed by atoms with van der Waals surface area (Å²) >= 11 is 6.13. The van der Waals surface area contributed by atoms with Crippen LogP contribution < -0.4 is 9.47 Å². The maximum absolute atomic E-state index is 13.5. The molecule has 0 radical (unpaired) electrons. The number of nitrogens with zero attached hydrogens (tertiary/aromatic N) is 2. The monoisotopic (exact) mass is 426 g/mol. The number of benzene rings is 2. The van der Waals surface area contributed by atoms with Crippen LogP contribution in [0.25, 0.3) is 0 Å². The molecule has 0 N–H and O–H groups in total. The molecule has 3 aromatic rings. The lowest BCUT2D eigenvalue weighted by Crippen LogP contribution is -2.32. The van der Waals surface area contributed by atoms with Gasteiger partial charge >= 0.3 is 0 Å². The first-order valence-corrected chi connectivity index (χ1v) is 10.3. The Bertz CT molecular complexity index is 977. The van der Waals surface area contributed by atoms with Gasteiger partial charge in [0.05, 0.1) is 20.8 Å². The molecule has 0 saturated carbocycles. The number of amides is 1. The number of hydrogen-bond acceptors (Lipinski definition) is 3. The van der Waals surface area contributed by atoms with Crippen LogP contribution in [0.1, 0.15) is 35.0 Å². The molecule has 1 aromatic heterocycles. The molecular formula is C24H27ClN2O3. The van der Waals surface area contributed by atoms with E-state index in [9.17, 15) is 4.79 Å². The molecule has 0 saturated heterocycles. The van der Waals surface area contributed by atoms with E-state index in [-0.39, 0.29) is 5.91 Å². The van der Waals surface area contributed by atoms with Gasteiger partial charge in [-0.1, -0.05) is 36.7 Å². The Hall–Kier alpha value is -2.92. The van der Waals surface area contributed by atoms with Crippen LogP contribution in [0.3, 0.4) is 0 Å². The van der Waals surface area contributed by atoms with E-state index in [0.29, 0.717) is 41.7 Å². The minimum atomic E-state index is -0.110. The van der Waals surface area contributed by atoms with Crippen LogP contribution in [-0.2, 0) is 13.1 Å². The van der Waals surface area contributed by atoms with Gasteiger partial charge in [0.2, 0.25) is 0 Å². The molecular weight excluding hydrogens is 400 g/mol. The number of halogens is 1. The first-order chi connectivity index (χ1) is 14.6. The topological polar surface area (TPSA) is 43.7 Å². The first-order valence-electron chi connectivity index (χ1n) is 9.96. The van der Waals surface area contributed by atoms with E-state index in [1.165, 1.54) is 0 Å². The molecule has 5 nitrogen and oxygen atoms in total. The molecule has 0 fully saturated rings. The summed E-state index contributed by atoms with van der Waals surface area (Å²) in [6, 6.07) is 17.2. The van der Waals surface area contributed by atoms with Crippen LogP contribution in [0.2, 0.25) is 5.02 Å². The van der Waals surface area contributed by atoms with Gasteiger partial charge < -0.3 is 18.9 Å². The van der Waals surface area contributed by atoms with Crippen LogP contribution in [0, 0.1) is 0 Å². The number of methoxy groups -OCH3 is 2. The fourth-order valence-corrected chi connectivity index (χ4v) is 3.73. The number of ether oxygens (including phenoxy) is 2. The van der Waals surface area contributed by atoms with E-state index in [4.69, 9.17) is 21.1 Å². The Balaban J connectivity index is 1.87. The summed E-state index contributed by atoms with van der Waals surface area (Å²) < 4.78 is 13.0. The zero-order chi connectivity index (χ0) is 21.5. The second-order valence-corrected chi connectivity index (χ2v) is 7.46. The zero-order valence-electron chi connectivity index (χ0n) is 17.6. The predicted octanol–water partition coefficient (Wildman–Crippen LogP) is 5.26. The van der Waals surface area contributed by atoms with Gasteiger partial charge in [-0.25, -0.2) is 0 Å². The molecule has 3 rings (SSSR count). The van der Waals surface area contributed by atoms with Gasteiger partial charge in [0.15, 0.2) is 0 Å². The van der Waals surface area contributed by atoms with E-state index in [2.05, 4.69) is 11.5 Å². The minimum absolute atomic E-state index is 0.110. The quantitative estimate of drug-likeness (QED) is 0.468. The van der Waals surface area contributed by atoms with Crippen LogP contribution in [-0.4, -0.2) is 36.1 Å². The van der Waals surface area contributed by atoms with Crippen molar-refractivity contribution >= 4 is 17.5 Å². The maximum Gasteiger partial charge on any atom is 0.261 e. The molecule has 0 aliphatic rings. The van der Waals surface area contributed by atoms with Crippen molar-refractivity contribution in [3.63, 3.8) is 0 Å². The van der Waals surface area contributed by atoms with Crippen molar-refractivity contribution in [3.05, 3.63) is 82.6 Å². The van der Waals surface area contributed by atoms with E-state index in [0.717, 1.165) is 17.7 Å². The summed E-state index contributed by atoms with van der Waals surface area (Å²) in [5, 5.41) is 0.715. The summed E-state index contributed by atoms with van der Waals surface area (Å²) in [7, 11) is 3.12. The Morgan fingerprint density at radius 1 is 1.03 bits per heavy atom. The van der Waals surface area contributed by atoms with E-state index in [1.54, 1.807) is 26.4 Å². The van der Waals surface area contributed by atoms with Crippen molar-refractivity contribution in [2.24, 2.45) is 0 Å². The summed E-state index contributed by atoms with van der Waals surface area (Å²) in [5.41, 5.74) is 2.61. The van der Waals surface area contributed by atoms with Crippen molar-refractivity contribution < 1.29 is 14.3 Å². The zero-order valence-corrected chi connectivity index (χ0v) is 18.4. The number of aromatic nitrogens is 1. The number of carbonyl (C=O) groups is 1. The van der Waals surface area contributed by atoms with Crippen molar-refractivity contribution in [3.8, 4) is 11.5 Å². The van der Waals surface area contributed by atoms with Crippen LogP contribution in [0.5, 0.6) is 11.5 Å². The summed E-state index contributed by atoms with van der Waals surface area (Å²) in [5.74, 6) is 0.909. The first kappa shape index (κ1) is 21.8. The van der Waals surface area contributed by atoms with E-state index < -0.39 is 0 Å². The van der Waals surface area contributed by atoms with Crippen molar-refractivity contribution in [2.45, 2.75) is 26.4 Å². The molecule has 158 valence electrons. The van der Waals surface area contributed by atoms with Crippen LogP contribution in [0.4, 0.5) is 0 Å². The van der Waals surface area contributed by atoms with Crippen molar-refractivity contribution in [1.82, 2.24) is 9.47 Å². The Labute approximate surface area is 182 Å². The highest BCUT2D eigenvalue weighted by atomic mass is 35.5. The van der Waals surface area contributed by atoms with Gasteiger partial charge in [-0.2, -0.15) is 0 Å².